The fourth-order valence-electron chi connectivity index (χ4n) is 0.654. The van der Waals surface area contributed by atoms with Gasteiger partial charge in [-0.05, 0) is 13.3 Å². The lowest BCUT2D eigenvalue weighted by Crippen LogP contribution is -2.42. The third-order valence-corrected chi connectivity index (χ3v) is 1.23. The van der Waals surface area contributed by atoms with Crippen LogP contribution in [0.25, 0.3) is 0 Å². The van der Waals surface area contributed by atoms with Crippen molar-refractivity contribution >= 4 is 6.09 Å². The second-order valence-electron chi connectivity index (χ2n) is 2.49. The van der Waals surface area contributed by atoms with Crippen LogP contribution in [0.15, 0.2) is 0 Å². The van der Waals surface area contributed by atoms with Crippen molar-refractivity contribution in [3.8, 4) is 0 Å². The van der Waals surface area contributed by atoms with Crippen LogP contribution in [0.5, 0.6) is 0 Å². The molecule has 0 heterocycles. The van der Waals surface area contributed by atoms with E-state index in [1.54, 1.807) is 0 Å². The molecule has 72 valence electrons. The van der Waals surface area contributed by atoms with Crippen molar-refractivity contribution < 1.29 is 23.1 Å². The summed E-state index contributed by atoms with van der Waals surface area (Å²) in [4.78, 5) is 9.83. The minimum Gasteiger partial charge on any atom is -0.530 e. The van der Waals surface area contributed by atoms with Gasteiger partial charge in [0.05, 0.1) is 0 Å². The van der Waals surface area contributed by atoms with E-state index in [-0.39, 0.29) is 6.42 Å². The Bertz CT molecular complexity index is 157. The first kappa shape index (κ1) is 11.1. The van der Waals surface area contributed by atoms with Crippen LogP contribution in [-0.4, -0.2) is 18.3 Å². The quantitative estimate of drug-likeness (QED) is 0.700. The molecule has 0 fully saturated rings. The van der Waals surface area contributed by atoms with Crippen molar-refractivity contribution in [3.63, 3.8) is 0 Å². The SMILES string of the molecule is CC(CCC(F)(F)F)NC(=O)[O-]. The first-order valence-corrected chi connectivity index (χ1v) is 3.35. The maximum atomic E-state index is 11.6. The number of amides is 1. The second kappa shape index (κ2) is 4.18. The number of carboxylic acid groups (broad SMARTS) is 1. The van der Waals surface area contributed by atoms with E-state index in [2.05, 4.69) is 0 Å². The van der Waals surface area contributed by atoms with Crippen molar-refractivity contribution in [3.05, 3.63) is 0 Å². The third kappa shape index (κ3) is 7.17. The zero-order valence-corrected chi connectivity index (χ0v) is 6.44. The van der Waals surface area contributed by atoms with E-state index >= 15 is 0 Å². The van der Waals surface area contributed by atoms with Crippen LogP contribution in [0.2, 0.25) is 0 Å². The van der Waals surface area contributed by atoms with E-state index in [0.717, 1.165) is 0 Å². The molecule has 0 rings (SSSR count). The van der Waals surface area contributed by atoms with Crippen molar-refractivity contribution in [2.75, 3.05) is 0 Å². The Morgan fingerprint density at radius 1 is 1.58 bits per heavy atom. The standard InChI is InChI=1S/C6H10F3NO2/c1-4(10-5(11)12)2-3-6(7,8)9/h4,10H,2-3H2,1H3,(H,11,12)/p-1. The molecule has 0 saturated heterocycles. The molecule has 0 aliphatic rings. The van der Waals surface area contributed by atoms with Crippen LogP contribution in [0.1, 0.15) is 19.8 Å². The highest BCUT2D eigenvalue weighted by Crippen LogP contribution is 2.21. The summed E-state index contributed by atoms with van der Waals surface area (Å²) < 4.78 is 34.7. The van der Waals surface area contributed by atoms with Crippen LogP contribution >= 0.6 is 0 Å². The molecule has 12 heavy (non-hydrogen) atoms. The smallest absolute Gasteiger partial charge is 0.389 e. The molecule has 1 atom stereocenters. The Hall–Kier alpha value is -0.940. The van der Waals surface area contributed by atoms with Gasteiger partial charge in [0, 0.05) is 12.5 Å². The topological polar surface area (TPSA) is 52.2 Å². The Balaban J connectivity index is 3.57. The number of alkyl halides is 3. The van der Waals surface area contributed by atoms with Gasteiger partial charge in [0.2, 0.25) is 0 Å². The van der Waals surface area contributed by atoms with Crippen molar-refractivity contribution in [2.45, 2.75) is 32.0 Å². The Morgan fingerprint density at radius 2 is 2.08 bits per heavy atom. The molecule has 0 aromatic carbocycles. The van der Waals surface area contributed by atoms with Gasteiger partial charge < -0.3 is 15.2 Å². The summed E-state index contributed by atoms with van der Waals surface area (Å²) in [7, 11) is 0. The number of carbonyl (C=O) groups is 1. The highest BCUT2D eigenvalue weighted by Gasteiger charge is 2.27. The van der Waals surface area contributed by atoms with Gasteiger partial charge in [0.25, 0.3) is 0 Å². The van der Waals surface area contributed by atoms with Crippen molar-refractivity contribution in [1.29, 1.82) is 0 Å². The van der Waals surface area contributed by atoms with Crippen molar-refractivity contribution in [1.82, 2.24) is 5.32 Å². The first-order valence-electron chi connectivity index (χ1n) is 3.35. The zero-order chi connectivity index (χ0) is 9.78. The average Bonchev–Trinajstić information content (AvgIpc) is 1.80. The minimum absolute atomic E-state index is 0.266. The van der Waals surface area contributed by atoms with E-state index in [4.69, 9.17) is 0 Å². The molecule has 1 N–H and O–H groups in total. The highest BCUT2D eigenvalue weighted by atomic mass is 19.4. The minimum atomic E-state index is -4.23. The predicted octanol–water partition coefficient (Wildman–Crippen LogP) is 0.650. The molecular formula is C6H9F3NO2-. The number of hydrogen-bond acceptors (Lipinski definition) is 2. The summed E-state index contributed by atoms with van der Waals surface area (Å²) in [5.41, 5.74) is 0. The summed E-state index contributed by atoms with van der Waals surface area (Å²) in [5.74, 6) is 0. The lowest BCUT2D eigenvalue weighted by molar-refractivity contribution is -0.251. The monoisotopic (exact) mass is 184 g/mol. The van der Waals surface area contributed by atoms with E-state index in [1.165, 1.54) is 6.92 Å². The molecule has 1 unspecified atom stereocenters. The molecule has 0 bridgehead atoms. The van der Waals surface area contributed by atoms with E-state index in [1.807, 2.05) is 5.32 Å². The molecule has 0 saturated carbocycles. The number of nitrogens with one attached hydrogen (secondary N) is 1. The maximum Gasteiger partial charge on any atom is 0.389 e. The van der Waals surface area contributed by atoms with Gasteiger partial charge in [-0.15, -0.1) is 0 Å². The van der Waals surface area contributed by atoms with Gasteiger partial charge >= 0.3 is 6.18 Å². The molecule has 0 aromatic heterocycles. The lowest BCUT2D eigenvalue weighted by Gasteiger charge is -2.15. The van der Waals surface area contributed by atoms with Crippen LogP contribution in [0.3, 0.4) is 0 Å². The molecule has 0 radical (unpaired) electrons. The third-order valence-electron chi connectivity index (χ3n) is 1.23. The molecular weight excluding hydrogens is 175 g/mol. The molecule has 6 heteroatoms. The van der Waals surface area contributed by atoms with E-state index in [9.17, 15) is 23.1 Å². The van der Waals surface area contributed by atoms with Crippen LogP contribution in [0, 0.1) is 0 Å². The van der Waals surface area contributed by atoms with E-state index in [0.29, 0.717) is 0 Å². The number of carbonyl (C=O) groups excluding carboxylic acids is 1. The fraction of sp³-hybridized carbons (Fsp3) is 0.833. The molecule has 3 nitrogen and oxygen atoms in total. The average molecular weight is 184 g/mol. The fourth-order valence-corrected chi connectivity index (χ4v) is 0.654. The van der Waals surface area contributed by atoms with Crippen LogP contribution in [0.4, 0.5) is 18.0 Å². The summed E-state index contributed by atoms with van der Waals surface area (Å²) in [6.07, 6.45) is -7.04. The number of halogens is 3. The predicted molar refractivity (Wildman–Crippen MR) is 33.3 cm³/mol. The molecule has 1 amide bonds. The largest absolute Gasteiger partial charge is 0.530 e. The maximum absolute atomic E-state index is 11.6. The van der Waals surface area contributed by atoms with Gasteiger partial charge in [-0.2, -0.15) is 13.2 Å². The molecule has 0 aliphatic heterocycles. The second-order valence-corrected chi connectivity index (χ2v) is 2.49. The Kier molecular flexibility index (Phi) is 3.85. The van der Waals surface area contributed by atoms with E-state index < -0.39 is 24.7 Å². The zero-order valence-electron chi connectivity index (χ0n) is 6.44. The summed E-state index contributed by atoms with van der Waals surface area (Å²) in [5, 5.41) is 11.7. The molecule has 0 aliphatic carbocycles. The van der Waals surface area contributed by atoms with Crippen molar-refractivity contribution in [2.24, 2.45) is 0 Å². The van der Waals surface area contributed by atoms with Gasteiger partial charge in [-0.25, -0.2) is 0 Å². The summed E-state index contributed by atoms with van der Waals surface area (Å²) in [6, 6.07) is -0.725. The summed E-state index contributed by atoms with van der Waals surface area (Å²) in [6.45, 7) is 1.35. The molecule has 0 aromatic rings. The normalized spacial score (nSPS) is 14.0. The Labute approximate surface area is 67.6 Å². The molecule has 0 spiro atoms. The van der Waals surface area contributed by atoms with Crippen LogP contribution < -0.4 is 10.4 Å². The van der Waals surface area contributed by atoms with Gasteiger partial charge in [-0.3, -0.25) is 0 Å². The first-order chi connectivity index (χ1) is 5.31. The van der Waals surface area contributed by atoms with Gasteiger partial charge in [0.15, 0.2) is 0 Å². The highest BCUT2D eigenvalue weighted by molar-refractivity contribution is 5.62. The lowest BCUT2D eigenvalue weighted by atomic mass is 10.2. The Morgan fingerprint density at radius 3 is 2.42 bits per heavy atom. The van der Waals surface area contributed by atoms with Gasteiger partial charge in [-0.1, -0.05) is 0 Å². The summed E-state index contributed by atoms with van der Waals surface area (Å²) >= 11 is 0. The number of hydrogen-bond donors (Lipinski definition) is 1. The van der Waals surface area contributed by atoms with Crippen LogP contribution in [-0.2, 0) is 0 Å². The van der Waals surface area contributed by atoms with Gasteiger partial charge in [0.1, 0.15) is 6.09 Å². The number of rotatable bonds is 3.